The molecular formula is C11H18N2O4. The van der Waals surface area contributed by atoms with Crippen molar-refractivity contribution in [3.05, 3.63) is 0 Å². The number of carboxylic acid groups (broad SMARTS) is 1. The molecule has 1 fully saturated rings. The quantitative estimate of drug-likeness (QED) is 0.619. The zero-order valence-corrected chi connectivity index (χ0v) is 9.86. The molecule has 1 aliphatic rings. The van der Waals surface area contributed by atoms with E-state index in [0.717, 1.165) is 0 Å². The lowest BCUT2D eigenvalue weighted by Gasteiger charge is -2.22. The Labute approximate surface area is 99.8 Å². The summed E-state index contributed by atoms with van der Waals surface area (Å²) in [6.45, 7) is 2.50. The molecule has 1 aliphatic heterocycles. The molecule has 2 atom stereocenters. The van der Waals surface area contributed by atoms with Gasteiger partial charge >= 0.3 is 5.97 Å². The molecular weight excluding hydrogens is 224 g/mol. The van der Waals surface area contributed by atoms with E-state index in [-0.39, 0.29) is 30.1 Å². The molecule has 6 heteroatoms. The molecule has 0 saturated carbocycles. The molecule has 1 saturated heterocycles. The Bertz CT molecular complexity index is 307. The molecule has 0 spiro atoms. The summed E-state index contributed by atoms with van der Waals surface area (Å²) in [5.41, 5.74) is 0. The van der Waals surface area contributed by atoms with Crippen molar-refractivity contribution in [2.45, 2.75) is 26.2 Å². The lowest BCUT2D eigenvalue weighted by molar-refractivity contribution is -0.138. The van der Waals surface area contributed by atoms with E-state index in [4.69, 9.17) is 5.11 Å². The monoisotopic (exact) mass is 242 g/mol. The molecule has 0 aliphatic carbocycles. The molecule has 0 aromatic carbocycles. The van der Waals surface area contributed by atoms with E-state index in [2.05, 4.69) is 10.6 Å². The first-order chi connectivity index (χ1) is 7.99. The van der Waals surface area contributed by atoms with Gasteiger partial charge in [-0.05, 0) is 12.3 Å². The fourth-order valence-corrected chi connectivity index (χ4v) is 1.75. The fourth-order valence-electron chi connectivity index (χ4n) is 1.75. The van der Waals surface area contributed by atoms with Crippen LogP contribution < -0.4 is 10.6 Å². The van der Waals surface area contributed by atoms with Gasteiger partial charge < -0.3 is 15.7 Å². The highest BCUT2D eigenvalue weighted by atomic mass is 16.4. The summed E-state index contributed by atoms with van der Waals surface area (Å²) in [6.07, 6.45) is 0.982. The minimum Gasteiger partial charge on any atom is -0.481 e. The molecule has 96 valence electrons. The lowest BCUT2D eigenvalue weighted by Crippen LogP contribution is -2.43. The van der Waals surface area contributed by atoms with Crippen LogP contribution in [0.25, 0.3) is 0 Å². The third kappa shape index (κ3) is 4.84. The van der Waals surface area contributed by atoms with Gasteiger partial charge in [0.25, 0.3) is 0 Å². The van der Waals surface area contributed by atoms with Crippen LogP contribution in [0.5, 0.6) is 0 Å². The van der Waals surface area contributed by atoms with Crippen LogP contribution in [-0.2, 0) is 14.4 Å². The van der Waals surface area contributed by atoms with Gasteiger partial charge in [0.2, 0.25) is 11.8 Å². The molecule has 1 rings (SSSR count). The summed E-state index contributed by atoms with van der Waals surface area (Å²) in [6, 6.07) is 0. The summed E-state index contributed by atoms with van der Waals surface area (Å²) >= 11 is 0. The summed E-state index contributed by atoms with van der Waals surface area (Å²) < 4.78 is 0. The van der Waals surface area contributed by atoms with Crippen LogP contribution in [0.3, 0.4) is 0 Å². The third-order valence-electron chi connectivity index (χ3n) is 2.78. The smallest absolute Gasteiger partial charge is 0.303 e. The molecule has 0 aromatic rings. The Kier molecular flexibility index (Phi) is 4.93. The maximum atomic E-state index is 11.7. The highest BCUT2D eigenvalue weighted by Gasteiger charge is 2.24. The van der Waals surface area contributed by atoms with Crippen molar-refractivity contribution in [1.82, 2.24) is 10.6 Å². The summed E-state index contributed by atoms with van der Waals surface area (Å²) in [5.74, 6) is -1.27. The molecule has 2 unspecified atom stereocenters. The second-order valence-electron chi connectivity index (χ2n) is 4.49. The van der Waals surface area contributed by atoms with Gasteiger partial charge in [0.05, 0.1) is 5.92 Å². The second kappa shape index (κ2) is 6.22. The number of carbonyl (C=O) groups is 3. The zero-order valence-electron chi connectivity index (χ0n) is 9.86. The van der Waals surface area contributed by atoms with Crippen molar-refractivity contribution in [2.24, 2.45) is 11.8 Å². The Balaban J connectivity index is 2.25. The van der Waals surface area contributed by atoms with Gasteiger partial charge in [0.1, 0.15) is 0 Å². The minimum absolute atomic E-state index is 0.0201. The molecule has 0 bridgehead atoms. The van der Waals surface area contributed by atoms with Gasteiger partial charge in [-0.1, -0.05) is 6.92 Å². The lowest BCUT2D eigenvalue weighted by atomic mass is 9.98. The average Bonchev–Trinajstić information content (AvgIpc) is 2.26. The number of nitrogens with one attached hydrogen (secondary N) is 2. The van der Waals surface area contributed by atoms with Crippen LogP contribution in [-0.4, -0.2) is 36.0 Å². The Hall–Kier alpha value is -1.59. The van der Waals surface area contributed by atoms with E-state index in [1.54, 1.807) is 6.92 Å². The maximum absolute atomic E-state index is 11.7. The van der Waals surface area contributed by atoms with Gasteiger partial charge in [0, 0.05) is 25.9 Å². The maximum Gasteiger partial charge on any atom is 0.303 e. The Morgan fingerprint density at radius 2 is 2.29 bits per heavy atom. The van der Waals surface area contributed by atoms with E-state index in [9.17, 15) is 14.4 Å². The number of piperidine rings is 1. The van der Waals surface area contributed by atoms with Crippen LogP contribution in [0.4, 0.5) is 0 Å². The average molecular weight is 242 g/mol. The summed E-state index contributed by atoms with van der Waals surface area (Å²) in [4.78, 5) is 33.0. The van der Waals surface area contributed by atoms with Gasteiger partial charge in [-0.3, -0.25) is 14.4 Å². The van der Waals surface area contributed by atoms with Crippen molar-refractivity contribution in [1.29, 1.82) is 0 Å². The largest absolute Gasteiger partial charge is 0.481 e. The van der Waals surface area contributed by atoms with Crippen LogP contribution in [0.15, 0.2) is 0 Å². The van der Waals surface area contributed by atoms with Crippen LogP contribution in [0.2, 0.25) is 0 Å². The normalized spacial score (nSPS) is 21.5. The van der Waals surface area contributed by atoms with Crippen LogP contribution in [0.1, 0.15) is 26.2 Å². The number of hydrogen-bond donors (Lipinski definition) is 3. The SMILES string of the molecule is CC(CNC(=O)C1CCC(=O)NC1)CC(=O)O. The number of amides is 2. The van der Waals surface area contributed by atoms with E-state index in [0.29, 0.717) is 25.9 Å². The van der Waals surface area contributed by atoms with Crippen molar-refractivity contribution in [3.63, 3.8) is 0 Å². The van der Waals surface area contributed by atoms with Crippen molar-refractivity contribution < 1.29 is 19.5 Å². The van der Waals surface area contributed by atoms with Gasteiger partial charge in [-0.25, -0.2) is 0 Å². The van der Waals surface area contributed by atoms with Gasteiger partial charge in [-0.2, -0.15) is 0 Å². The predicted molar refractivity (Wildman–Crippen MR) is 60.2 cm³/mol. The van der Waals surface area contributed by atoms with Gasteiger partial charge in [-0.15, -0.1) is 0 Å². The first-order valence-corrected chi connectivity index (χ1v) is 5.75. The Morgan fingerprint density at radius 1 is 1.59 bits per heavy atom. The predicted octanol–water partition coefficient (Wildman–Crippen LogP) is -0.260. The third-order valence-corrected chi connectivity index (χ3v) is 2.78. The molecule has 1 heterocycles. The summed E-state index contributed by atoms with van der Waals surface area (Å²) in [7, 11) is 0. The number of carboxylic acids is 1. The Morgan fingerprint density at radius 3 is 2.82 bits per heavy atom. The van der Waals surface area contributed by atoms with Gasteiger partial charge in [0.15, 0.2) is 0 Å². The standard InChI is InChI=1S/C11H18N2O4/c1-7(4-10(15)16)5-13-11(17)8-2-3-9(14)12-6-8/h7-8H,2-6H2,1H3,(H,12,14)(H,13,17)(H,15,16). The molecule has 3 N–H and O–H groups in total. The van der Waals surface area contributed by atoms with Crippen molar-refractivity contribution >= 4 is 17.8 Å². The van der Waals surface area contributed by atoms with E-state index in [1.807, 2.05) is 0 Å². The topological polar surface area (TPSA) is 95.5 Å². The second-order valence-corrected chi connectivity index (χ2v) is 4.49. The number of aliphatic carboxylic acids is 1. The van der Waals surface area contributed by atoms with Crippen molar-refractivity contribution in [2.75, 3.05) is 13.1 Å². The summed E-state index contributed by atoms with van der Waals surface area (Å²) in [5, 5.41) is 13.9. The highest BCUT2D eigenvalue weighted by Crippen LogP contribution is 2.11. The molecule has 17 heavy (non-hydrogen) atoms. The molecule has 2 amide bonds. The van der Waals surface area contributed by atoms with Crippen LogP contribution in [0, 0.1) is 11.8 Å². The first-order valence-electron chi connectivity index (χ1n) is 5.75. The number of hydrogen-bond acceptors (Lipinski definition) is 3. The number of carbonyl (C=O) groups excluding carboxylic acids is 2. The molecule has 0 radical (unpaired) electrons. The number of rotatable bonds is 5. The zero-order chi connectivity index (χ0) is 12.8. The minimum atomic E-state index is -0.864. The van der Waals surface area contributed by atoms with Crippen LogP contribution >= 0.6 is 0 Å². The van der Waals surface area contributed by atoms with E-state index >= 15 is 0 Å². The first kappa shape index (κ1) is 13.5. The van der Waals surface area contributed by atoms with Crippen molar-refractivity contribution in [3.8, 4) is 0 Å². The van der Waals surface area contributed by atoms with E-state index < -0.39 is 5.97 Å². The molecule has 0 aromatic heterocycles. The highest BCUT2D eigenvalue weighted by molar-refractivity contribution is 5.83. The van der Waals surface area contributed by atoms with E-state index in [1.165, 1.54) is 0 Å². The fraction of sp³-hybridized carbons (Fsp3) is 0.727. The molecule has 6 nitrogen and oxygen atoms in total.